The molecular formula is C11H10BrF3N2O3. The van der Waals surface area contributed by atoms with Gasteiger partial charge in [0.15, 0.2) is 0 Å². The first kappa shape index (κ1) is 16.3. The Labute approximate surface area is 120 Å². The fraction of sp³-hybridized carbons (Fsp3) is 0.273. The lowest BCUT2D eigenvalue weighted by Crippen LogP contribution is -2.38. The van der Waals surface area contributed by atoms with Crippen LogP contribution in [-0.4, -0.2) is 41.8 Å². The molecule has 1 aromatic rings. The van der Waals surface area contributed by atoms with E-state index < -0.39 is 24.7 Å². The van der Waals surface area contributed by atoms with Crippen LogP contribution in [0.15, 0.2) is 22.7 Å². The summed E-state index contributed by atoms with van der Waals surface area (Å²) in [5.41, 5.74) is -0.327. The Morgan fingerprint density at radius 3 is 2.50 bits per heavy atom. The van der Waals surface area contributed by atoms with E-state index in [4.69, 9.17) is 5.11 Å². The number of para-hydroxylation sites is 1. The average molecular weight is 355 g/mol. The van der Waals surface area contributed by atoms with E-state index in [1.165, 1.54) is 18.2 Å². The van der Waals surface area contributed by atoms with E-state index in [9.17, 15) is 22.8 Å². The van der Waals surface area contributed by atoms with Gasteiger partial charge in [0, 0.05) is 11.5 Å². The molecule has 0 fully saturated rings. The Balaban J connectivity index is 2.94. The van der Waals surface area contributed by atoms with Gasteiger partial charge in [0.05, 0.1) is 11.3 Å². The second-order valence-corrected chi connectivity index (χ2v) is 4.72. The van der Waals surface area contributed by atoms with Crippen molar-refractivity contribution in [2.45, 2.75) is 6.18 Å². The first-order chi connectivity index (χ1) is 9.11. The number of carbonyl (C=O) groups excluding carboxylic acids is 1. The first-order valence-electron chi connectivity index (χ1n) is 5.22. The molecule has 1 rings (SSSR count). The van der Waals surface area contributed by atoms with Gasteiger partial charge in [-0.3, -0.25) is 0 Å². The second kappa shape index (κ2) is 6.12. The number of rotatable bonds is 3. The maximum atomic E-state index is 12.2. The minimum Gasteiger partial charge on any atom is -0.478 e. The molecule has 0 radical (unpaired) electrons. The van der Waals surface area contributed by atoms with Crippen LogP contribution in [0.3, 0.4) is 0 Å². The quantitative estimate of drug-likeness (QED) is 0.875. The van der Waals surface area contributed by atoms with Gasteiger partial charge in [-0.1, -0.05) is 6.07 Å². The number of aromatic carboxylic acids is 1. The van der Waals surface area contributed by atoms with Crippen LogP contribution >= 0.6 is 15.9 Å². The normalized spacial score (nSPS) is 11.1. The van der Waals surface area contributed by atoms with Gasteiger partial charge in [-0.05, 0) is 28.1 Å². The van der Waals surface area contributed by atoms with Crippen molar-refractivity contribution in [1.29, 1.82) is 0 Å². The molecule has 0 atom stereocenters. The molecule has 0 aliphatic heterocycles. The Bertz CT molecular complexity index is 534. The number of nitrogens with zero attached hydrogens (tertiary/aromatic N) is 1. The van der Waals surface area contributed by atoms with Crippen molar-refractivity contribution in [2.24, 2.45) is 0 Å². The lowest BCUT2D eigenvalue weighted by Gasteiger charge is -2.20. The van der Waals surface area contributed by atoms with Gasteiger partial charge in [-0.25, -0.2) is 9.59 Å². The zero-order valence-corrected chi connectivity index (χ0v) is 11.7. The van der Waals surface area contributed by atoms with Crippen molar-refractivity contribution >= 4 is 33.6 Å². The minimum atomic E-state index is -4.53. The molecule has 5 nitrogen and oxygen atoms in total. The number of urea groups is 1. The number of carbonyl (C=O) groups is 2. The number of benzene rings is 1. The van der Waals surface area contributed by atoms with Crippen LogP contribution in [0.5, 0.6) is 0 Å². The Morgan fingerprint density at radius 2 is 2.00 bits per heavy atom. The largest absolute Gasteiger partial charge is 0.478 e. The van der Waals surface area contributed by atoms with Gasteiger partial charge in [0.1, 0.15) is 6.54 Å². The van der Waals surface area contributed by atoms with Crippen LogP contribution in [0.4, 0.5) is 23.7 Å². The summed E-state index contributed by atoms with van der Waals surface area (Å²) in [6.45, 7) is -1.44. The molecule has 0 spiro atoms. The Hall–Kier alpha value is -1.77. The highest BCUT2D eigenvalue weighted by atomic mass is 79.9. The summed E-state index contributed by atoms with van der Waals surface area (Å²) in [4.78, 5) is 23.0. The monoisotopic (exact) mass is 354 g/mol. The summed E-state index contributed by atoms with van der Waals surface area (Å²) >= 11 is 3.04. The number of halogens is 4. The summed E-state index contributed by atoms with van der Waals surface area (Å²) in [7, 11) is 0.958. The molecule has 1 aromatic carbocycles. The third-order valence-corrected chi connectivity index (χ3v) is 2.90. The smallest absolute Gasteiger partial charge is 0.406 e. The highest BCUT2D eigenvalue weighted by Gasteiger charge is 2.31. The van der Waals surface area contributed by atoms with E-state index in [-0.39, 0.29) is 15.7 Å². The molecule has 110 valence electrons. The van der Waals surface area contributed by atoms with Gasteiger partial charge in [0.2, 0.25) is 0 Å². The van der Waals surface area contributed by atoms with Crippen molar-refractivity contribution in [3.63, 3.8) is 0 Å². The SMILES string of the molecule is CN(CC(F)(F)F)C(=O)Nc1c(Br)cccc1C(=O)O. The van der Waals surface area contributed by atoms with E-state index in [1.807, 2.05) is 0 Å². The number of amides is 2. The molecule has 2 amide bonds. The number of carboxylic acid groups (broad SMARTS) is 1. The van der Waals surface area contributed by atoms with E-state index in [2.05, 4.69) is 21.2 Å². The van der Waals surface area contributed by atoms with Crippen LogP contribution in [0.1, 0.15) is 10.4 Å². The molecule has 0 aliphatic rings. The van der Waals surface area contributed by atoms with Crippen LogP contribution in [0.2, 0.25) is 0 Å². The number of hydrogen-bond acceptors (Lipinski definition) is 2. The zero-order chi connectivity index (χ0) is 15.5. The van der Waals surface area contributed by atoms with E-state index in [0.717, 1.165) is 7.05 Å². The molecule has 0 aromatic heterocycles. The van der Waals surface area contributed by atoms with Crippen LogP contribution in [-0.2, 0) is 0 Å². The average Bonchev–Trinajstić information content (AvgIpc) is 2.28. The molecule has 20 heavy (non-hydrogen) atoms. The Morgan fingerprint density at radius 1 is 1.40 bits per heavy atom. The maximum absolute atomic E-state index is 12.2. The fourth-order valence-electron chi connectivity index (χ4n) is 1.37. The van der Waals surface area contributed by atoms with Crippen molar-refractivity contribution in [1.82, 2.24) is 4.90 Å². The third kappa shape index (κ3) is 4.41. The van der Waals surface area contributed by atoms with Crippen molar-refractivity contribution in [2.75, 3.05) is 18.9 Å². The van der Waals surface area contributed by atoms with Crippen molar-refractivity contribution in [3.8, 4) is 0 Å². The summed E-state index contributed by atoms with van der Waals surface area (Å²) in [5, 5.41) is 11.1. The van der Waals surface area contributed by atoms with Gasteiger partial charge in [-0.15, -0.1) is 0 Å². The molecule has 0 unspecified atom stereocenters. The molecule has 2 N–H and O–H groups in total. The third-order valence-electron chi connectivity index (χ3n) is 2.24. The first-order valence-corrected chi connectivity index (χ1v) is 6.02. The molecule has 0 saturated heterocycles. The van der Waals surface area contributed by atoms with Crippen molar-refractivity contribution in [3.05, 3.63) is 28.2 Å². The molecule has 0 bridgehead atoms. The molecule has 0 heterocycles. The summed E-state index contributed by atoms with van der Waals surface area (Å²) in [5.74, 6) is -1.31. The highest BCUT2D eigenvalue weighted by molar-refractivity contribution is 9.10. The minimum absolute atomic E-state index is 0.0981. The predicted molar refractivity (Wildman–Crippen MR) is 68.8 cm³/mol. The lowest BCUT2D eigenvalue weighted by atomic mass is 10.2. The van der Waals surface area contributed by atoms with Crippen molar-refractivity contribution < 1.29 is 27.9 Å². The van der Waals surface area contributed by atoms with Gasteiger partial charge < -0.3 is 15.3 Å². The van der Waals surface area contributed by atoms with Gasteiger partial charge in [0.25, 0.3) is 0 Å². The number of anilines is 1. The standard InChI is InChI=1S/C11H10BrF3N2O3/c1-17(5-11(13,14)15)10(20)16-8-6(9(18)19)3-2-4-7(8)12/h2-4H,5H2,1H3,(H,16,20)(H,18,19). The highest BCUT2D eigenvalue weighted by Crippen LogP contribution is 2.27. The molecular weight excluding hydrogens is 345 g/mol. The Kier molecular flexibility index (Phi) is 4.98. The summed E-state index contributed by atoms with van der Waals surface area (Å²) < 4.78 is 36.8. The molecule has 0 saturated carbocycles. The molecule has 9 heteroatoms. The fourth-order valence-corrected chi connectivity index (χ4v) is 1.84. The number of carboxylic acids is 1. The number of hydrogen-bond donors (Lipinski definition) is 2. The van der Waals surface area contributed by atoms with E-state index in [1.54, 1.807) is 0 Å². The van der Waals surface area contributed by atoms with Crippen LogP contribution in [0.25, 0.3) is 0 Å². The number of alkyl halides is 3. The topological polar surface area (TPSA) is 69.6 Å². The summed E-state index contributed by atoms with van der Waals surface area (Å²) in [6.07, 6.45) is -4.53. The number of nitrogens with one attached hydrogen (secondary N) is 1. The molecule has 0 aliphatic carbocycles. The predicted octanol–water partition coefficient (Wildman–Crippen LogP) is 3.17. The second-order valence-electron chi connectivity index (χ2n) is 3.87. The zero-order valence-electron chi connectivity index (χ0n) is 10.2. The van der Waals surface area contributed by atoms with Crippen LogP contribution in [0, 0.1) is 0 Å². The van der Waals surface area contributed by atoms with E-state index >= 15 is 0 Å². The maximum Gasteiger partial charge on any atom is 0.406 e. The van der Waals surface area contributed by atoms with Gasteiger partial charge in [-0.2, -0.15) is 13.2 Å². The lowest BCUT2D eigenvalue weighted by molar-refractivity contribution is -0.137. The summed E-state index contributed by atoms with van der Waals surface area (Å²) in [6, 6.07) is 3.07. The van der Waals surface area contributed by atoms with E-state index in [0.29, 0.717) is 4.90 Å². The van der Waals surface area contributed by atoms with Crippen LogP contribution < -0.4 is 5.32 Å². The van der Waals surface area contributed by atoms with Gasteiger partial charge >= 0.3 is 18.2 Å².